The van der Waals surface area contributed by atoms with Crippen molar-refractivity contribution >= 4 is 0 Å². The molecule has 6 heavy (non-hydrogen) atoms. The molecule has 0 saturated carbocycles. The summed E-state index contributed by atoms with van der Waals surface area (Å²) in [6, 6.07) is 3.71. The summed E-state index contributed by atoms with van der Waals surface area (Å²) in [5.74, 6) is 0. The van der Waals surface area contributed by atoms with Crippen molar-refractivity contribution in [1.29, 1.82) is 0 Å². The van der Waals surface area contributed by atoms with Gasteiger partial charge in [-0.1, -0.05) is 0 Å². The molecule has 0 atom stereocenters. The van der Waals surface area contributed by atoms with Gasteiger partial charge in [0.1, 0.15) is 0 Å². The zero-order valence-electron chi connectivity index (χ0n) is 3.44. The minimum Gasteiger partial charge on any atom is -0.484 e. The number of nitrogens with one attached hydrogen (secondary N) is 1. The Kier molecular flexibility index (Phi) is 3.06. The minimum absolute atomic E-state index is 0. The first-order valence-electron chi connectivity index (χ1n) is 1.49. The summed E-state index contributed by atoms with van der Waals surface area (Å²) in [4.78, 5) is 2.74. The molecule has 1 rings (SSSR count). The summed E-state index contributed by atoms with van der Waals surface area (Å²) in [6.45, 7) is 0. The Labute approximate surface area is 49.5 Å². The molecule has 0 bridgehead atoms. The fraction of sp³-hybridized carbons (Fsp3) is 0. The fourth-order valence-corrected chi connectivity index (χ4v) is 0.241. The molecule has 0 aliphatic carbocycles. The number of aromatic nitrogens is 1. The van der Waals surface area contributed by atoms with Crippen LogP contribution in [0.4, 0.5) is 0 Å². The van der Waals surface area contributed by atoms with Gasteiger partial charge in [-0.3, -0.25) is 0 Å². The first-order valence-corrected chi connectivity index (χ1v) is 1.49. The molecule has 0 radical (unpaired) electrons. The van der Waals surface area contributed by atoms with Gasteiger partial charge in [-0.15, -0.1) is 6.20 Å². The van der Waals surface area contributed by atoms with E-state index in [0.717, 1.165) is 0 Å². The second-order valence-corrected chi connectivity index (χ2v) is 0.814. The first kappa shape index (κ1) is 5.90. The number of aromatic amines is 1. The molecule has 1 aromatic heterocycles. The minimum atomic E-state index is 0. The summed E-state index contributed by atoms with van der Waals surface area (Å²) < 4.78 is 0. The van der Waals surface area contributed by atoms with E-state index < -0.39 is 0 Å². The van der Waals surface area contributed by atoms with Crippen molar-refractivity contribution in [3.63, 3.8) is 0 Å². The quantitative estimate of drug-likeness (QED) is 0.396. The van der Waals surface area contributed by atoms with Crippen molar-refractivity contribution < 1.29 is 19.5 Å². The Morgan fingerprint density at radius 2 is 2.33 bits per heavy atom. The van der Waals surface area contributed by atoms with E-state index in [9.17, 15) is 0 Å². The second-order valence-electron chi connectivity index (χ2n) is 0.814. The fourth-order valence-electron chi connectivity index (χ4n) is 0.241. The molecule has 0 aromatic carbocycles. The molecule has 1 heterocycles. The van der Waals surface area contributed by atoms with Crippen LogP contribution in [0.3, 0.4) is 0 Å². The summed E-state index contributed by atoms with van der Waals surface area (Å²) >= 11 is 0. The summed E-state index contributed by atoms with van der Waals surface area (Å²) in [7, 11) is 0. The van der Waals surface area contributed by atoms with Crippen molar-refractivity contribution in [3.05, 3.63) is 24.5 Å². The number of rotatable bonds is 0. The van der Waals surface area contributed by atoms with Gasteiger partial charge in [-0.2, -0.15) is 18.3 Å². The zero-order chi connectivity index (χ0) is 3.54. The Hall–Kier alpha value is -0.0966. The molecular formula is C4H4NZn-. The standard InChI is InChI=1S/C4H4N.Zn/c1-2-4-5-3-1;/h1-3,5H;/q-1;. The molecule has 1 aromatic rings. The third kappa shape index (κ3) is 1.37. The smallest absolute Gasteiger partial charge is 0 e. The maximum atomic E-state index is 2.74. The molecule has 2 heteroatoms. The largest absolute Gasteiger partial charge is 0.484 e. The summed E-state index contributed by atoms with van der Waals surface area (Å²) in [5.41, 5.74) is 0. The third-order valence-electron chi connectivity index (χ3n) is 0.442. The second kappa shape index (κ2) is 3.11. The summed E-state index contributed by atoms with van der Waals surface area (Å²) in [5, 5.41) is 0. The molecule has 1 nitrogen and oxygen atoms in total. The summed E-state index contributed by atoms with van der Waals surface area (Å²) in [6.07, 6.45) is 4.56. The molecule has 1 N–H and O–H groups in total. The average molecular weight is 131 g/mol. The number of H-pyrrole nitrogens is 1. The number of hydrogen-bond acceptors (Lipinski definition) is 0. The van der Waals surface area contributed by atoms with Crippen LogP contribution in [0.1, 0.15) is 0 Å². The molecule has 0 amide bonds. The average Bonchev–Trinajstić information content (AvgIpc) is 1.76. The molecular weight excluding hydrogens is 127 g/mol. The van der Waals surface area contributed by atoms with Crippen LogP contribution in [0.2, 0.25) is 0 Å². The SMILES string of the molecule is [Zn].[c-]1ccc[nH]1. The van der Waals surface area contributed by atoms with Crippen LogP contribution in [-0.4, -0.2) is 4.98 Å². The van der Waals surface area contributed by atoms with Crippen molar-refractivity contribution in [2.24, 2.45) is 0 Å². The van der Waals surface area contributed by atoms with Crippen LogP contribution in [0.5, 0.6) is 0 Å². The number of hydrogen-bond donors (Lipinski definition) is 1. The van der Waals surface area contributed by atoms with Crippen LogP contribution in [0.15, 0.2) is 18.3 Å². The van der Waals surface area contributed by atoms with Gasteiger partial charge in [0.25, 0.3) is 0 Å². The third-order valence-corrected chi connectivity index (χ3v) is 0.442. The molecule has 0 saturated heterocycles. The van der Waals surface area contributed by atoms with Crippen LogP contribution in [0, 0.1) is 6.20 Å². The zero-order valence-corrected chi connectivity index (χ0v) is 6.41. The van der Waals surface area contributed by atoms with E-state index in [-0.39, 0.29) is 19.5 Å². The monoisotopic (exact) mass is 130 g/mol. The van der Waals surface area contributed by atoms with Gasteiger partial charge >= 0.3 is 0 Å². The molecule has 0 fully saturated rings. The Morgan fingerprint density at radius 3 is 2.50 bits per heavy atom. The van der Waals surface area contributed by atoms with Gasteiger partial charge in [-0.05, 0) is 0 Å². The van der Waals surface area contributed by atoms with Gasteiger partial charge in [-0.25, -0.2) is 0 Å². The Bertz CT molecular complexity index is 64.0. The molecule has 0 aliphatic heterocycles. The normalized spacial score (nSPS) is 6.67. The predicted molar refractivity (Wildman–Crippen MR) is 19.6 cm³/mol. The van der Waals surface area contributed by atoms with E-state index in [1.54, 1.807) is 0 Å². The van der Waals surface area contributed by atoms with Gasteiger partial charge in [0.15, 0.2) is 0 Å². The van der Waals surface area contributed by atoms with Gasteiger partial charge in [0.2, 0.25) is 0 Å². The van der Waals surface area contributed by atoms with E-state index in [4.69, 9.17) is 0 Å². The maximum Gasteiger partial charge on any atom is 0 e. The van der Waals surface area contributed by atoms with E-state index in [1.165, 1.54) is 0 Å². The van der Waals surface area contributed by atoms with Crippen LogP contribution >= 0.6 is 0 Å². The van der Waals surface area contributed by atoms with E-state index in [1.807, 2.05) is 18.3 Å². The predicted octanol–water partition coefficient (Wildman–Crippen LogP) is 0.812. The van der Waals surface area contributed by atoms with Crippen molar-refractivity contribution in [2.75, 3.05) is 0 Å². The van der Waals surface area contributed by atoms with E-state index in [2.05, 4.69) is 11.2 Å². The first-order chi connectivity index (χ1) is 2.50. The van der Waals surface area contributed by atoms with Crippen molar-refractivity contribution in [1.82, 2.24) is 4.98 Å². The Balaban J connectivity index is 0.000000250. The molecule has 0 unspecified atom stereocenters. The van der Waals surface area contributed by atoms with Gasteiger partial charge < -0.3 is 4.98 Å². The topological polar surface area (TPSA) is 15.8 Å². The van der Waals surface area contributed by atoms with Crippen LogP contribution < -0.4 is 0 Å². The van der Waals surface area contributed by atoms with E-state index >= 15 is 0 Å². The van der Waals surface area contributed by atoms with Crippen LogP contribution in [0.25, 0.3) is 0 Å². The van der Waals surface area contributed by atoms with Gasteiger partial charge in [0.05, 0.1) is 0 Å². The maximum absolute atomic E-state index is 2.74. The van der Waals surface area contributed by atoms with E-state index in [0.29, 0.717) is 0 Å². The Morgan fingerprint density at radius 1 is 1.50 bits per heavy atom. The molecule has 0 aliphatic rings. The van der Waals surface area contributed by atoms with Crippen molar-refractivity contribution in [3.8, 4) is 0 Å². The van der Waals surface area contributed by atoms with Gasteiger partial charge in [0, 0.05) is 19.5 Å². The van der Waals surface area contributed by atoms with Crippen LogP contribution in [-0.2, 0) is 19.5 Å². The van der Waals surface area contributed by atoms with Crippen molar-refractivity contribution in [2.45, 2.75) is 0 Å². The molecule has 28 valence electrons. The molecule has 0 spiro atoms.